The highest BCUT2D eigenvalue weighted by Crippen LogP contribution is 2.33. The Kier molecular flexibility index (Phi) is 4.33. The molecule has 1 atom stereocenters. The van der Waals surface area contributed by atoms with E-state index < -0.39 is 11.2 Å². The number of rotatable bonds is 2. The Hall–Kier alpha value is -1.60. The van der Waals surface area contributed by atoms with Crippen LogP contribution in [0.25, 0.3) is 22.2 Å². The lowest BCUT2D eigenvalue weighted by molar-refractivity contribution is 0.592. The molecule has 0 N–H and O–H groups in total. The van der Waals surface area contributed by atoms with Crippen LogP contribution in [0.1, 0.15) is 0 Å². The number of benzene rings is 1. The first-order valence-electron chi connectivity index (χ1n) is 6.54. The average molecular weight is 368 g/mol. The van der Waals surface area contributed by atoms with Crippen LogP contribution in [0.3, 0.4) is 0 Å². The first-order valence-corrected chi connectivity index (χ1v) is 8.86. The van der Waals surface area contributed by atoms with Crippen LogP contribution >= 0.6 is 23.2 Å². The largest absolute Gasteiger partial charge is 0.609 e. The Morgan fingerprint density at radius 2 is 1.91 bits per heavy atom. The van der Waals surface area contributed by atoms with Gasteiger partial charge in [-0.1, -0.05) is 29.3 Å². The van der Waals surface area contributed by atoms with E-state index in [-0.39, 0.29) is 10.7 Å². The maximum atomic E-state index is 12.7. The van der Waals surface area contributed by atoms with E-state index in [2.05, 4.69) is 9.97 Å². The number of fused-ring (bicyclic) bond motifs is 1. The number of aromatic nitrogens is 3. The van der Waals surface area contributed by atoms with Crippen molar-refractivity contribution in [1.82, 2.24) is 14.5 Å². The molecular weight excluding hydrogens is 357 g/mol. The standard InChI is InChI=1S/C15H11Cl2N3O2S/c1-20-13-8(7-18-15(19-13)23(2)22)6-9(14(20)21)12-10(16)4-3-5-11(12)17/h3-7H,1-2H3. The zero-order chi connectivity index (χ0) is 16.7. The number of hydrogen-bond donors (Lipinski definition) is 0. The molecule has 0 radical (unpaired) electrons. The molecule has 0 spiro atoms. The van der Waals surface area contributed by atoms with Crippen molar-refractivity contribution < 1.29 is 4.55 Å². The molecule has 3 rings (SSSR count). The van der Waals surface area contributed by atoms with E-state index in [1.54, 1.807) is 31.3 Å². The summed E-state index contributed by atoms with van der Waals surface area (Å²) >= 11 is 11.1. The van der Waals surface area contributed by atoms with Crippen molar-refractivity contribution >= 4 is 45.4 Å². The van der Waals surface area contributed by atoms with Crippen molar-refractivity contribution in [3.63, 3.8) is 0 Å². The quantitative estimate of drug-likeness (QED) is 0.515. The maximum absolute atomic E-state index is 12.7. The molecule has 5 nitrogen and oxygen atoms in total. The van der Waals surface area contributed by atoms with Gasteiger partial charge in [0.15, 0.2) is 5.65 Å². The molecule has 1 aromatic carbocycles. The normalized spacial score (nSPS) is 12.6. The SMILES string of the molecule is Cn1c(=O)c(-c2c(Cl)cccc2Cl)cc2cnc([S+](C)[O-])nc21. The maximum Gasteiger partial charge on any atom is 0.344 e. The molecule has 2 heterocycles. The topological polar surface area (TPSA) is 70.8 Å². The van der Waals surface area contributed by atoms with Crippen molar-refractivity contribution in [2.24, 2.45) is 7.05 Å². The molecule has 1 unspecified atom stereocenters. The third kappa shape index (κ3) is 2.83. The van der Waals surface area contributed by atoms with Gasteiger partial charge in [-0.25, -0.2) is 0 Å². The summed E-state index contributed by atoms with van der Waals surface area (Å²) in [5.41, 5.74) is 0.951. The molecule has 3 aromatic rings. The van der Waals surface area contributed by atoms with Gasteiger partial charge in [-0.2, -0.15) is 9.97 Å². The van der Waals surface area contributed by atoms with Gasteiger partial charge in [0.25, 0.3) is 5.56 Å². The van der Waals surface area contributed by atoms with Gasteiger partial charge < -0.3 is 4.55 Å². The van der Waals surface area contributed by atoms with Crippen molar-refractivity contribution in [3.8, 4) is 11.1 Å². The average Bonchev–Trinajstić information content (AvgIpc) is 2.51. The number of nitrogens with zero attached hydrogens (tertiary/aromatic N) is 3. The Bertz CT molecular complexity index is 953. The van der Waals surface area contributed by atoms with Crippen LogP contribution in [-0.2, 0) is 18.2 Å². The predicted octanol–water partition coefficient (Wildman–Crippen LogP) is 3.04. The molecule has 8 heteroatoms. The van der Waals surface area contributed by atoms with E-state index >= 15 is 0 Å². The Morgan fingerprint density at radius 1 is 1.26 bits per heavy atom. The highest BCUT2D eigenvalue weighted by Gasteiger charge is 2.17. The van der Waals surface area contributed by atoms with Crippen LogP contribution < -0.4 is 5.56 Å². The van der Waals surface area contributed by atoms with Gasteiger partial charge in [-0.15, -0.1) is 0 Å². The molecule has 2 aromatic heterocycles. The zero-order valence-corrected chi connectivity index (χ0v) is 14.5. The molecule has 0 aliphatic heterocycles. The predicted molar refractivity (Wildman–Crippen MR) is 92.6 cm³/mol. The summed E-state index contributed by atoms with van der Waals surface area (Å²) in [6.07, 6.45) is 3.02. The Morgan fingerprint density at radius 3 is 2.52 bits per heavy atom. The van der Waals surface area contributed by atoms with E-state index in [0.717, 1.165) is 0 Å². The van der Waals surface area contributed by atoms with E-state index in [1.165, 1.54) is 17.0 Å². The van der Waals surface area contributed by atoms with Crippen molar-refractivity contribution in [2.45, 2.75) is 5.16 Å². The van der Waals surface area contributed by atoms with Gasteiger partial charge >= 0.3 is 5.16 Å². The van der Waals surface area contributed by atoms with Gasteiger partial charge in [-0.3, -0.25) is 9.36 Å². The minimum atomic E-state index is -1.33. The first-order chi connectivity index (χ1) is 10.9. The highest BCUT2D eigenvalue weighted by atomic mass is 35.5. The minimum absolute atomic E-state index is 0.177. The first kappa shape index (κ1) is 16.3. The fourth-order valence-electron chi connectivity index (χ4n) is 2.30. The second-order valence-electron chi connectivity index (χ2n) is 4.90. The van der Waals surface area contributed by atoms with Crippen molar-refractivity contribution in [3.05, 3.63) is 50.9 Å². The van der Waals surface area contributed by atoms with Gasteiger partial charge in [-0.05, 0) is 18.2 Å². The number of pyridine rings is 1. The zero-order valence-electron chi connectivity index (χ0n) is 12.2. The van der Waals surface area contributed by atoms with E-state index in [4.69, 9.17) is 23.2 Å². The number of hydrogen-bond acceptors (Lipinski definition) is 4. The summed E-state index contributed by atoms with van der Waals surface area (Å²) in [5, 5.41) is 1.59. The Balaban J connectivity index is 2.35. The van der Waals surface area contributed by atoms with E-state index in [0.29, 0.717) is 32.2 Å². The summed E-state index contributed by atoms with van der Waals surface area (Å²) in [6, 6.07) is 6.71. The van der Waals surface area contributed by atoms with E-state index in [9.17, 15) is 9.35 Å². The van der Waals surface area contributed by atoms with Crippen molar-refractivity contribution in [1.29, 1.82) is 0 Å². The number of aryl methyl sites for hydroxylation is 1. The lowest BCUT2D eigenvalue weighted by Gasteiger charge is -2.11. The number of halogens is 2. The molecule has 0 aliphatic rings. The third-order valence-corrected chi connectivity index (χ3v) is 4.76. The molecule has 0 saturated carbocycles. The van der Waals surface area contributed by atoms with Crippen LogP contribution in [0.4, 0.5) is 0 Å². The molecule has 0 amide bonds. The van der Waals surface area contributed by atoms with Gasteiger partial charge in [0, 0.05) is 35.4 Å². The van der Waals surface area contributed by atoms with Crippen LogP contribution in [0.2, 0.25) is 10.0 Å². The van der Waals surface area contributed by atoms with Gasteiger partial charge in [0.2, 0.25) is 0 Å². The molecule has 118 valence electrons. The van der Waals surface area contributed by atoms with Gasteiger partial charge in [0.1, 0.15) is 6.26 Å². The molecule has 23 heavy (non-hydrogen) atoms. The fourth-order valence-corrected chi connectivity index (χ4v) is 3.32. The van der Waals surface area contributed by atoms with Gasteiger partial charge in [0.05, 0.1) is 15.6 Å². The summed E-state index contributed by atoms with van der Waals surface area (Å²) in [5.74, 6) is 0. The molecular formula is C15H11Cl2N3O2S. The highest BCUT2D eigenvalue weighted by molar-refractivity contribution is 7.90. The lowest BCUT2D eigenvalue weighted by atomic mass is 10.1. The molecule has 0 bridgehead atoms. The van der Waals surface area contributed by atoms with Crippen LogP contribution in [0.5, 0.6) is 0 Å². The summed E-state index contributed by atoms with van der Waals surface area (Å²) in [7, 11) is 1.59. The third-order valence-electron chi connectivity index (χ3n) is 3.42. The molecule has 0 fully saturated rings. The summed E-state index contributed by atoms with van der Waals surface area (Å²) in [4.78, 5) is 20.9. The molecule has 0 aliphatic carbocycles. The monoisotopic (exact) mass is 367 g/mol. The lowest BCUT2D eigenvalue weighted by Crippen LogP contribution is -2.21. The second-order valence-corrected chi connectivity index (χ2v) is 6.99. The van der Waals surface area contributed by atoms with E-state index in [1.807, 2.05) is 0 Å². The smallest absolute Gasteiger partial charge is 0.344 e. The fraction of sp³-hybridized carbons (Fsp3) is 0.133. The van der Waals surface area contributed by atoms with Crippen LogP contribution in [-0.4, -0.2) is 25.3 Å². The van der Waals surface area contributed by atoms with Crippen LogP contribution in [0.15, 0.2) is 40.4 Å². The van der Waals surface area contributed by atoms with Crippen molar-refractivity contribution in [2.75, 3.05) is 6.26 Å². The van der Waals surface area contributed by atoms with Crippen LogP contribution in [0, 0.1) is 0 Å². The summed E-state index contributed by atoms with van der Waals surface area (Å²) < 4.78 is 12.9. The minimum Gasteiger partial charge on any atom is -0.609 e. The molecule has 0 saturated heterocycles. The second kappa shape index (κ2) is 6.13. The Labute approximate surface area is 145 Å². The summed E-state index contributed by atoms with van der Waals surface area (Å²) in [6.45, 7) is 0.